The highest BCUT2D eigenvalue weighted by atomic mass is 79.9. The summed E-state index contributed by atoms with van der Waals surface area (Å²) in [5, 5.41) is 5.25. The summed E-state index contributed by atoms with van der Waals surface area (Å²) in [4.78, 5) is 40.1. The van der Waals surface area contributed by atoms with Crippen LogP contribution in [0.3, 0.4) is 0 Å². The summed E-state index contributed by atoms with van der Waals surface area (Å²) in [6.07, 6.45) is 0. The summed E-state index contributed by atoms with van der Waals surface area (Å²) >= 11 is 3.36. The maximum atomic E-state index is 12.2. The number of halogens is 1. The van der Waals surface area contributed by atoms with Crippen LogP contribution < -0.4 is 10.6 Å². The van der Waals surface area contributed by atoms with E-state index < -0.39 is 11.9 Å². The van der Waals surface area contributed by atoms with Gasteiger partial charge in [0.25, 0.3) is 5.91 Å². The van der Waals surface area contributed by atoms with Crippen molar-refractivity contribution >= 4 is 39.4 Å². The van der Waals surface area contributed by atoms with E-state index in [0.717, 1.165) is 10.0 Å². The molecule has 142 valence electrons. The van der Waals surface area contributed by atoms with Gasteiger partial charge in [-0.25, -0.2) is 9.78 Å². The molecule has 2 aromatic rings. The van der Waals surface area contributed by atoms with Gasteiger partial charge in [-0.05, 0) is 56.7 Å². The van der Waals surface area contributed by atoms with Crippen molar-refractivity contribution in [2.24, 2.45) is 0 Å². The summed E-state index contributed by atoms with van der Waals surface area (Å²) < 4.78 is 5.84. The van der Waals surface area contributed by atoms with E-state index in [-0.39, 0.29) is 24.8 Å². The monoisotopic (exact) mass is 433 g/mol. The number of ether oxygens (including phenoxy) is 1. The first-order valence-corrected chi connectivity index (χ1v) is 9.10. The van der Waals surface area contributed by atoms with Gasteiger partial charge in [0.05, 0.1) is 24.4 Å². The van der Waals surface area contributed by atoms with Crippen LogP contribution in [-0.4, -0.2) is 35.9 Å². The number of nitrogens with zero attached hydrogens (tertiary/aromatic N) is 1. The third kappa shape index (κ3) is 5.62. The fourth-order valence-corrected chi connectivity index (χ4v) is 2.80. The van der Waals surface area contributed by atoms with Crippen LogP contribution in [0.4, 0.5) is 5.69 Å². The molecule has 0 aliphatic heterocycles. The lowest BCUT2D eigenvalue weighted by Gasteiger charge is -2.10. The minimum Gasteiger partial charge on any atom is -0.462 e. The van der Waals surface area contributed by atoms with Crippen molar-refractivity contribution in [3.63, 3.8) is 0 Å². The lowest BCUT2D eigenvalue weighted by molar-refractivity contribution is -0.115. The van der Waals surface area contributed by atoms with Gasteiger partial charge in [0.15, 0.2) is 0 Å². The van der Waals surface area contributed by atoms with E-state index >= 15 is 0 Å². The van der Waals surface area contributed by atoms with Crippen molar-refractivity contribution in [1.29, 1.82) is 0 Å². The fraction of sp³-hybridized carbons (Fsp3) is 0.263. The van der Waals surface area contributed by atoms with Gasteiger partial charge >= 0.3 is 5.97 Å². The molecule has 27 heavy (non-hydrogen) atoms. The third-order valence-corrected chi connectivity index (χ3v) is 4.18. The predicted molar refractivity (Wildman–Crippen MR) is 105 cm³/mol. The second-order valence-electron chi connectivity index (χ2n) is 5.74. The number of aryl methyl sites for hydroxylation is 2. The minimum absolute atomic E-state index is 0.119. The molecular formula is C19H20BrN3O4. The molecule has 2 N–H and O–H groups in total. The first-order valence-electron chi connectivity index (χ1n) is 8.30. The Bertz CT molecular complexity index is 883. The Balaban J connectivity index is 1.96. The number of amides is 2. The summed E-state index contributed by atoms with van der Waals surface area (Å²) in [5.74, 6) is -1.34. The number of carbonyl (C=O) groups excluding carboxylic acids is 3. The maximum absolute atomic E-state index is 12.2. The Hall–Kier alpha value is -2.74. The Kier molecular flexibility index (Phi) is 7.06. The van der Waals surface area contributed by atoms with E-state index in [2.05, 4.69) is 31.5 Å². The van der Waals surface area contributed by atoms with Crippen LogP contribution in [0, 0.1) is 13.8 Å². The van der Waals surface area contributed by atoms with E-state index in [4.69, 9.17) is 4.74 Å². The van der Waals surface area contributed by atoms with Crippen LogP contribution in [0.1, 0.15) is 39.0 Å². The van der Waals surface area contributed by atoms with Crippen LogP contribution in [0.2, 0.25) is 0 Å². The number of nitrogens with one attached hydrogen (secondary N) is 2. The van der Waals surface area contributed by atoms with Gasteiger partial charge in [-0.3, -0.25) is 9.59 Å². The zero-order valence-electron chi connectivity index (χ0n) is 15.3. The van der Waals surface area contributed by atoms with Crippen LogP contribution in [0.15, 0.2) is 34.8 Å². The molecule has 1 aromatic carbocycles. The van der Waals surface area contributed by atoms with Crippen LogP contribution in [-0.2, 0) is 9.53 Å². The Morgan fingerprint density at radius 2 is 1.89 bits per heavy atom. The summed E-state index contributed by atoms with van der Waals surface area (Å²) in [6.45, 7) is 5.26. The largest absolute Gasteiger partial charge is 0.462 e. The molecule has 7 nitrogen and oxygen atoms in total. The zero-order chi connectivity index (χ0) is 20.0. The Morgan fingerprint density at radius 3 is 2.52 bits per heavy atom. The molecule has 1 heterocycles. The zero-order valence-corrected chi connectivity index (χ0v) is 16.8. The van der Waals surface area contributed by atoms with E-state index in [1.165, 1.54) is 12.1 Å². The Labute approximate surface area is 165 Å². The normalized spacial score (nSPS) is 10.2. The fourth-order valence-electron chi connectivity index (χ4n) is 2.32. The molecule has 8 heteroatoms. The SMILES string of the molecule is CCOC(=O)c1ccc(C(=O)NCC(=O)Nc2ccc(Br)cc2C)nc1C. The van der Waals surface area contributed by atoms with Gasteiger partial charge in [0.1, 0.15) is 5.69 Å². The standard InChI is InChI=1S/C19H20BrN3O4/c1-4-27-19(26)14-6-8-16(22-12(14)3)18(25)21-10-17(24)23-15-7-5-13(20)9-11(15)2/h5-9H,4,10H2,1-3H3,(H,21,25)(H,23,24). The highest BCUT2D eigenvalue weighted by molar-refractivity contribution is 9.10. The number of rotatable bonds is 6. The van der Waals surface area contributed by atoms with Crippen molar-refractivity contribution in [2.75, 3.05) is 18.5 Å². The number of pyridine rings is 1. The van der Waals surface area contributed by atoms with Crippen molar-refractivity contribution in [3.05, 3.63) is 57.3 Å². The molecule has 0 bridgehead atoms. The van der Waals surface area contributed by atoms with Gasteiger partial charge in [-0.2, -0.15) is 0 Å². The van der Waals surface area contributed by atoms with Crippen LogP contribution in [0.25, 0.3) is 0 Å². The maximum Gasteiger partial charge on any atom is 0.339 e. The molecule has 0 aliphatic carbocycles. The molecule has 0 spiro atoms. The van der Waals surface area contributed by atoms with Gasteiger partial charge in [0.2, 0.25) is 5.91 Å². The predicted octanol–water partition coefficient (Wildman–Crippen LogP) is 3.01. The van der Waals surface area contributed by atoms with Gasteiger partial charge in [-0.15, -0.1) is 0 Å². The number of benzene rings is 1. The summed E-state index contributed by atoms with van der Waals surface area (Å²) in [5.41, 5.74) is 2.38. The molecule has 1 aromatic heterocycles. The highest BCUT2D eigenvalue weighted by Crippen LogP contribution is 2.19. The van der Waals surface area contributed by atoms with E-state index in [1.54, 1.807) is 19.9 Å². The van der Waals surface area contributed by atoms with E-state index in [1.807, 2.05) is 19.1 Å². The molecule has 0 unspecified atom stereocenters. The molecule has 0 radical (unpaired) electrons. The topological polar surface area (TPSA) is 97.4 Å². The van der Waals surface area contributed by atoms with Crippen molar-refractivity contribution in [3.8, 4) is 0 Å². The number of carbonyl (C=O) groups is 3. The van der Waals surface area contributed by atoms with Gasteiger partial charge in [-0.1, -0.05) is 15.9 Å². The molecule has 0 aliphatic rings. The first-order chi connectivity index (χ1) is 12.8. The van der Waals surface area contributed by atoms with Crippen LogP contribution in [0.5, 0.6) is 0 Å². The van der Waals surface area contributed by atoms with Gasteiger partial charge < -0.3 is 15.4 Å². The molecule has 0 fully saturated rings. The average molecular weight is 434 g/mol. The average Bonchev–Trinajstić information content (AvgIpc) is 2.62. The van der Waals surface area contributed by atoms with Gasteiger partial charge in [0, 0.05) is 10.2 Å². The number of esters is 1. The van der Waals surface area contributed by atoms with E-state index in [0.29, 0.717) is 16.9 Å². The summed E-state index contributed by atoms with van der Waals surface area (Å²) in [6, 6.07) is 8.38. The van der Waals surface area contributed by atoms with Crippen molar-refractivity contribution in [2.45, 2.75) is 20.8 Å². The van der Waals surface area contributed by atoms with Crippen molar-refractivity contribution in [1.82, 2.24) is 10.3 Å². The first kappa shape index (κ1) is 20.6. The number of aromatic nitrogens is 1. The second kappa shape index (κ2) is 9.27. The third-order valence-electron chi connectivity index (χ3n) is 3.69. The molecule has 0 atom stereocenters. The highest BCUT2D eigenvalue weighted by Gasteiger charge is 2.15. The number of hydrogen-bond acceptors (Lipinski definition) is 5. The minimum atomic E-state index is -0.504. The molecular weight excluding hydrogens is 414 g/mol. The number of anilines is 1. The second-order valence-corrected chi connectivity index (χ2v) is 6.66. The molecule has 0 saturated heterocycles. The lowest BCUT2D eigenvalue weighted by Crippen LogP contribution is -2.33. The molecule has 0 saturated carbocycles. The quantitative estimate of drug-likeness (QED) is 0.682. The smallest absolute Gasteiger partial charge is 0.339 e. The number of hydrogen-bond donors (Lipinski definition) is 2. The molecule has 2 amide bonds. The molecule has 2 rings (SSSR count). The van der Waals surface area contributed by atoms with Crippen molar-refractivity contribution < 1.29 is 19.1 Å². The lowest BCUT2D eigenvalue weighted by atomic mass is 10.2. The van der Waals surface area contributed by atoms with E-state index in [9.17, 15) is 14.4 Å². The summed E-state index contributed by atoms with van der Waals surface area (Å²) in [7, 11) is 0. The Morgan fingerprint density at radius 1 is 1.15 bits per heavy atom. The van der Waals surface area contributed by atoms with Crippen LogP contribution >= 0.6 is 15.9 Å².